The van der Waals surface area contributed by atoms with E-state index in [9.17, 15) is 0 Å². The summed E-state index contributed by atoms with van der Waals surface area (Å²) in [7, 11) is 1.75. The molecule has 0 aliphatic carbocycles. The fraction of sp³-hybridized carbons (Fsp3) is 0.538. The number of para-hydroxylation sites is 1. The molecule has 1 aromatic rings. The van der Waals surface area contributed by atoms with Gasteiger partial charge in [0.25, 0.3) is 0 Å². The number of anilines is 1. The molecule has 1 aromatic carbocycles. The Bertz CT molecular complexity index is 354. The lowest BCUT2D eigenvalue weighted by atomic mass is 9.96. The Labute approximate surface area is 97.2 Å². The highest BCUT2D eigenvalue weighted by Crippen LogP contribution is 2.33. The van der Waals surface area contributed by atoms with Crippen molar-refractivity contribution in [2.75, 3.05) is 25.2 Å². The largest absolute Gasteiger partial charge is 0.383 e. The molecule has 88 valence electrons. The van der Waals surface area contributed by atoms with E-state index in [1.54, 1.807) is 7.11 Å². The van der Waals surface area contributed by atoms with E-state index in [1.807, 2.05) is 0 Å². The summed E-state index contributed by atoms with van der Waals surface area (Å²) in [6.45, 7) is 3.96. The lowest BCUT2D eigenvalue weighted by Gasteiger charge is -2.38. The van der Waals surface area contributed by atoms with Crippen LogP contribution >= 0.6 is 0 Å². The van der Waals surface area contributed by atoms with E-state index >= 15 is 0 Å². The van der Waals surface area contributed by atoms with Gasteiger partial charge in [0.05, 0.1) is 6.61 Å². The maximum atomic E-state index is 6.12. The summed E-state index contributed by atoms with van der Waals surface area (Å²) in [4.78, 5) is 2.39. The van der Waals surface area contributed by atoms with Crippen molar-refractivity contribution < 1.29 is 4.74 Å². The first-order chi connectivity index (χ1) is 7.74. The molecule has 0 saturated carbocycles. The van der Waals surface area contributed by atoms with Gasteiger partial charge in [-0.2, -0.15) is 0 Å². The van der Waals surface area contributed by atoms with Gasteiger partial charge in [-0.05, 0) is 25.0 Å². The predicted octanol–water partition coefficient (Wildman–Crippen LogP) is 1.93. The van der Waals surface area contributed by atoms with Crippen LogP contribution in [0.5, 0.6) is 0 Å². The zero-order valence-corrected chi connectivity index (χ0v) is 10.0. The van der Waals surface area contributed by atoms with Crippen LogP contribution in [-0.4, -0.2) is 26.3 Å². The summed E-state index contributed by atoms with van der Waals surface area (Å²) in [5, 5.41) is 0. The number of nitrogens with zero attached hydrogens (tertiary/aromatic N) is 1. The average Bonchev–Trinajstić information content (AvgIpc) is 2.30. The van der Waals surface area contributed by atoms with Gasteiger partial charge in [0.1, 0.15) is 0 Å². The average molecular weight is 220 g/mol. The number of methoxy groups -OCH3 is 1. The topological polar surface area (TPSA) is 38.5 Å². The molecule has 3 heteroatoms. The Morgan fingerprint density at radius 3 is 3.00 bits per heavy atom. The molecule has 16 heavy (non-hydrogen) atoms. The second kappa shape index (κ2) is 4.85. The maximum Gasteiger partial charge on any atom is 0.0663 e. The van der Waals surface area contributed by atoms with Gasteiger partial charge in [-0.15, -0.1) is 0 Å². The number of hydrogen-bond donors (Lipinski definition) is 1. The molecule has 0 amide bonds. The van der Waals surface area contributed by atoms with E-state index in [4.69, 9.17) is 10.5 Å². The van der Waals surface area contributed by atoms with E-state index in [0.717, 1.165) is 19.6 Å². The molecule has 1 heterocycles. The molecule has 0 radical (unpaired) electrons. The predicted molar refractivity (Wildman–Crippen MR) is 66.7 cm³/mol. The van der Waals surface area contributed by atoms with Crippen molar-refractivity contribution in [1.82, 2.24) is 0 Å². The van der Waals surface area contributed by atoms with Crippen LogP contribution in [0.15, 0.2) is 24.3 Å². The highest BCUT2D eigenvalue weighted by Gasteiger charge is 2.24. The third kappa shape index (κ3) is 2.06. The quantitative estimate of drug-likeness (QED) is 0.846. The summed E-state index contributed by atoms with van der Waals surface area (Å²) in [5.41, 5.74) is 8.65. The van der Waals surface area contributed by atoms with Gasteiger partial charge in [-0.1, -0.05) is 18.2 Å². The molecule has 0 aromatic heterocycles. The standard InChI is InChI=1S/C13H20N2O/c1-10(9-16-2)15-8-7-12(14)11-5-3-4-6-13(11)15/h3-6,10,12H,7-9,14H2,1-2H3. The van der Waals surface area contributed by atoms with Crippen molar-refractivity contribution in [1.29, 1.82) is 0 Å². The normalized spacial score (nSPS) is 21.7. The van der Waals surface area contributed by atoms with Gasteiger partial charge < -0.3 is 15.4 Å². The first-order valence-electron chi connectivity index (χ1n) is 5.84. The first-order valence-corrected chi connectivity index (χ1v) is 5.84. The molecule has 0 bridgehead atoms. The van der Waals surface area contributed by atoms with Crippen LogP contribution in [-0.2, 0) is 4.74 Å². The summed E-state index contributed by atoms with van der Waals surface area (Å²) in [6.07, 6.45) is 1.02. The fourth-order valence-electron chi connectivity index (χ4n) is 2.41. The minimum atomic E-state index is 0.183. The molecule has 1 aliphatic rings. The molecule has 0 fully saturated rings. The molecule has 2 atom stereocenters. The van der Waals surface area contributed by atoms with Crippen LogP contribution < -0.4 is 10.6 Å². The zero-order valence-electron chi connectivity index (χ0n) is 10.0. The van der Waals surface area contributed by atoms with E-state index in [-0.39, 0.29) is 6.04 Å². The third-order valence-electron chi connectivity index (χ3n) is 3.27. The number of ether oxygens (including phenoxy) is 1. The molecule has 2 rings (SSSR count). The second-order valence-electron chi connectivity index (χ2n) is 4.45. The maximum absolute atomic E-state index is 6.12. The Morgan fingerprint density at radius 1 is 1.50 bits per heavy atom. The number of fused-ring (bicyclic) bond motifs is 1. The van der Waals surface area contributed by atoms with Crippen LogP contribution in [0.25, 0.3) is 0 Å². The van der Waals surface area contributed by atoms with Gasteiger partial charge in [0, 0.05) is 31.4 Å². The van der Waals surface area contributed by atoms with Crippen molar-refractivity contribution in [3.05, 3.63) is 29.8 Å². The summed E-state index contributed by atoms with van der Waals surface area (Å²) >= 11 is 0. The minimum Gasteiger partial charge on any atom is -0.383 e. The molecule has 1 aliphatic heterocycles. The SMILES string of the molecule is COCC(C)N1CCC(N)c2ccccc21. The van der Waals surface area contributed by atoms with Gasteiger partial charge in [-0.25, -0.2) is 0 Å². The molecule has 0 spiro atoms. The minimum absolute atomic E-state index is 0.183. The lowest BCUT2D eigenvalue weighted by molar-refractivity contribution is 0.180. The van der Waals surface area contributed by atoms with Crippen LogP contribution in [0.4, 0.5) is 5.69 Å². The van der Waals surface area contributed by atoms with E-state index in [0.29, 0.717) is 6.04 Å². The van der Waals surface area contributed by atoms with Crippen LogP contribution in [0.1, 0.15) is 24.9 Å². The lowest BCUT2D eigenvalue weighted by Crippen LogP contribution is -2.41. The molecular weight excluding hydrogens is 200 g/mol. The Morgan fingerprint density at radius 2 is 2.25 bits per heavy atom. The summed E-state index contributed by atoms with van der Waals surface area (Å²) < 4.78 is 5.23. The smallest absolute Gasteiger partial charge is 0.0663 e. The van der Waals surface area contributed by atoms with Gasteiger partial charge >= 0.3 is 0 Å². The summed E-state index contributed by atoms with van der Waals surface area (Å²) in [6, 6.07) is 9.00. The van der Waals surface area contributed by atoms with Crippen molar-refractivity contribution in [2.24, 2.45) is 5.73 Å². The van der Waals surface area contributed by atoms with Crippen molar-refractivity contribution in [2.45, 2.75) is 25.4 Å². The van der Waals surface area contributed by atoms with Crippen molar-refractivity contribution in [3.63, 3.8) is 0 Å². The van der Waals surface area contributed by atoms with Crippen LogP contribution in [0, 0.1) is 0 Å². The van der Waals surface area contributed by atoms with Crippen molar-refractivity contribution in [3.8, 4) is 0 Å². The van der Waals surface area contributed by atoms with Gasteiger partial charge in [-0.3, -0.25) is 0 Å². The Hall–Kier alpha value is -1.06. The van der Waals surface area contributed by atoms with E-state index < -0.39 is 0 Å². The highest BCUT2D eigenvalue weighted by molar-refractivity contribution is 5.57. The van der Waals surface area contributed by atoms with Crippen LogP contribution in [0.3, 0.4) is 0 Å². The number of hydrogen-bond acceptors (Lipinski definition) is 3. The number of rotatable bonds is 3. The third-order valence-corrected chi connectivity index (χ3v) is 3.27. The van der Waals surface area contributed by atoms with E-state index in [1.165, 1.54) is 11.3 Å². The van der Waals surface area contributed by atoms with E-state index in [2.05, 4.69) is 36.1 Å². The number of benzene rings is 1. The molecule has 0 saturated heterocycles. The second-order valence-corrected chi connectivity index (χ2v) is 4.45. The molecular formula is C13H20N2O. The number of nitrogens with two attached hydrogens (primary N) is 1. The fourth-order valence-corrected chi connectivity index (χ4v) is 2.41. The Kier molecular flexibility index (Phi) is 3.46. The van der Waals surface area contributed by atoms with Crippen LogP contribution in [0.2, 0.25) is 0 Å². The van der Waals surface area contributed by atoms with Gasteiger partial charge in [0.2, 0.25) is 0 Å². The molecule has 2 N–H and O–H groups in total. The monoisotopic (exact) mass is 220 g/mol. The summed E-state index contributed by atoms with van der Waals surface area (Å²) in [5.74, 6) is 0. The van der Waals surface area contributed by atoms with Crippen molar-refractivity contribution >= 4 is 5.69 Å². The Balaban J connectivity index is 2.27. The molecule has 3 nitrogen and oxygen atoms in total. The zero-order chi connectivity index (χ0) is 11.5. The highest BCUT2D eigenvalue weighted by atomic mass is 16.5. The molecule has 2 unspecified atom stereocenters. The first kappa shape index (κ1) is 11.4. The van der Waals surface area contributed by atoms with Gasteiger partial charge in [0.15, 0.2) is 0 Å².